The van der Waals surface area contributed by atoms with Crippen LogP contribution >= 0.6 is 0 Å². The van der Waals surface area contributed by atoms with Crippen LogP contribution in [0.1, 0.15) is 30.0 Å². The van der Waals surface area contributed by atoms with Crippen molar-refractivity contribution >= 4 is 5.91 Å². The van der Waals surface area contributed by atoms with Crippen LogP contribution in [0.5, 0.6) is 5.75 Å². The fraction of sp³-hybridized carbons (Fsp3) is 0.368. The van der Waals surface area contributed by atoms with Gasteiger partial charge in [0.05, 0.1) is 0 Å². The largest absolute Gasteiger partial charge is 0.508 e. The maximum atomic E-state index is 13.9. The molecule has 1 aromatic heterocycles. The van der Waals surface area contributed by atoms with Crippen molar-refractivity contribution in [3.63, 3.8) is 0 Å². The van der Waals surface area contributed by atoms with Gasteiger partial charge in [0.2, 0.25) is 5.91 Å². The molecule has 0 atom stereocenters. The second-order valence-corrected chi connectivity index (χ2v) is 6.46. The number of nitrogens with zero attached hydrogens (tertiary/aromatic N) is 2. The number of benzene rings is 1. The van der Waals surface area contributed by atoms with E-state index in [1.807, 2.05) is 6.07 Å². The van der Waals surface area contributed by atoms with Crippen molar-refractivity contribution < 1.29 is 14.3 Å². The first-order valence-corrected chi connectivity index (χ1v) is 8.38. The molecule has 0 radical (unpaired) electrons. The molecule has 1 amide bonds. The minimum atomic E-state index is -0.396. The highest BCUT2D eigenvalue weighted by atomic mass is 19.1. The highest BCUT2D eigenvalue weighted by molar-refractivity contribution is 5.76. The van der Waals surface area contributed by atoms with Gasteiger partial charge in [0.1, 0.15) is 18.1 Å². The van der Waals surface area contributed by atoms with E-state index in [1.54, 1.807) is 24.0 Å². The first-order chi connectivity index (χ1) is 12.0. The predicted molar refractivity (Wildman–Crippen MR) is 92.1 cm³/mol. The second-order valence-electron chi connectivity index (χ2n) is 6.46. The van der Waals surface area contributed by atoms with E-state index in [4.69, 9.17) is 0 Å². The smallest absolute Gasteiger partial charge is 0.254 e. The number of halogens is 1. The molecule has 25 heavy (non-hydrogen) atoms. The Balaban J connectivity index is 1.65. The Labute approximate surface area is 145 Å². The van der Waals surface area contributed by atoms with E-state index in [2.05, 4.69) is 0 Å². The summed E-state index contributed by atoms with van der Waals surface area (Å²) in [4.78, 5) is 26.2. The van der Waals surface area contributed by atoms with Gasteiger partial charge in [-0.1, -0.05) is 18.2 Å². The van der Waals surface area contributed by atoms with E-state index in [0.29, 0.717) is 37.2 Å². The summed E-state index contributed by atoms with van der Waals surface area (Å²) in [5, 5.41) is 9.42. The van der Waals surface area contributed by atoms with Gasteiger partial charge in [-0.15, -0.1) is 0 Å². The van der Waals surface area contributed by atoms with Gasteiger partial charge in [-0.2, -0.15) is 0 Å². The number of pyridine rings is 1. The van der Waals surface area contributed by atoms with Crippen molar-refractivity contribution in [2.45, 2.75) is 32.2 Å². The standard InChI is InChI=1S/C19H21FN2O3/c1-13-10-15(23)11-18(24)22(13)12-19(25)21-8-6-14(7-9-21)16-4-2-3-5-17(16)20/h2-5,10-11,14,23H,6-9,12H2,1H3. The van der Waals surface area contributed by atoms with Crippen LogP contribution in [0.4, 0.5) is 4.39 Å². The number of aromatic hydroxyl groups is 1. The molecule has 132 valence electrons. The molecule has 6 heteroatoms. The SMILES string of the molecule is Cc1cc(O)cc(=O)n1CC(=O)N1CCC(c2ccccc2F)CC1. The number of piperidine rings is 1. The van der Waals surface area contributed by atoms with Crippen LogP contribution in [0.2, 0.25) is 0 Å². The van der Waals surface area contributed by atoms with E-state index in [1.165, 1.54) is 16.7 Å². The molecule has 0 spiro atoms. The van der Waals surface area contributed by atoms with Crippen LogP contribution in [-0.2, 0) is 11.3 Å². The number of amides is 1. The van der Waals surface area contributed by atoms with Crippen molar-refractivity contribution in [1.82, 2.24) is 9.47 Å². The molecule has 0 saturated carbocycles. The second kappa shape index (κ2) is 7.09. The Morgan fingerprint density at radius 1 is 1.24 bits per heavy atom. The lowest BCUT2D eigenvalue weighted by molar-refractivity contribution is -0.133. The lowest BCUT2D eigenvalue weighted by Gasteiger charge is -2.32. The van der Waals surface area contributed by atoms with E-state index < -0.39 is 5.56 Å². The molecule has 1 saturated heterocycles. The van der Waals surface area contributed by atoms with Gasteiger partial charge in [0.25, 0.3) is 5.56 Å². The third-order valence-electron chi connectivity index (χ3n) is 4.81. The number of carbonyl (C=O) groups is 1. The maximum absolute atomic E-state index is 13.9. The molecule has 0 bridgehead atoms. The number of hydrogen-bond acceptors (Lipinski definition) is 3. The fourth-order valence-corrected chi connectivity index (χ4v) is 3.40. The number of carbonyl (C=O) groups excluding carboxylic acids is 1. The molecule has 2 aromatic rings. The average molecular weight is 344 g/mol. The molecular weight excluding hydrogens is 323 g/mol. The highest BCUT2D eigenvalue weighted by Crippen LogP contribution is 2.29. The highest BCUT2D eigenvalue weighted by Gasteiger charge is 2.25. The summed E-state index contributed by atoms with van der Waals surface area (Å²) < 4.78 is 15.3. The molecule has 0 unspecified atom stereocenters. The summed E-state index contributed by atoms with van der Waals surface area (Å²) in [6.45, 7) is 2.72. The summed E-state index contributed by atoms with van der Waals surface area (Å²) >= 11 is 0. The minimum Gasteiger partial charge on any atom is -0.508 e. The van der Waals surface area contributed by atoms with E-state index in [0.717, 1.165) is 6.07 Å². The van der Waals surface area contributed by atoms with Crippen LogP contribution in [0.25, 0.3) is 0 Å². The molecule has 5 nitrogen and oxygen atoms in total. The van der Waals surface area contributed by atoms with E-state index >= 15 is 0 Å². The van der Waals surface area contributed by atoms with Crippen molar-refractivity contribution in [3.05, 3.63) is 63.8 Å². The van der Waals surface area contributed by atoms with Gasteiger partial charge in [0, 0.05) is 24.8 Å². The van der Waals surface area contributed by atoms with Gasteiger partial charge in [-0.25, -0.2) is 4.39 Å². The molecule has 0 aliphatic carbocycles. The van der Waals surface area contributed by atoms with E-state index in [-0.39, 0.29) is 29.9 Å². The number of likely N-dealkylation sites (tertiary alicyclic amines) is 1. The summed E-state index contributed by atoms with van der Waals surface area (Å²) in [7, 11) is 0. The Morgan fingerprint density at radius 3 is 2.56 bits per heavy atom. The Hall–Kier alpha value is -2.63. The topological polar surface area (TPSA) is 62.5 Å². The molecule has 1 aliphatic rings. The van der Waals surface area contributed by atoms with Crippen LogP contribution in [0.15, 0.2) is 41.2 Å². The molecule has 1 aliphatic heterocycles. The summed E-state index contributed by atoms with van der Waals surface area (Å²) in [6, 6.07) is 9.33. The van der Waals surface area contributed by atoms with Crippen molar-refractivity contribution in [3.8, 4) is 5.75 Å². The number of aryl methyl sites for hydroxylation is 1. The van der Waals surface area contributed by atoms with Gasteiger partial charge in [-0.3, -0.25) is 9.59 Å². The molecule has 1 N–H and O–H groups in total. The quantitative estimate of drug-likeness (QED) is 0.930. The van der Waals surface area contributed by atoms with Gasteiger partial charge in [-0.05, 0) is 43.4 Å². The van der Waals surface area contributed by atoms with Crippen LogP contribution in [0, 0.1) is 12.7 Å². The lowest BCUT2D eigenvalue weighted by atomic mass is 9.89. The number of aromatic nitrogens is 1. The number of rotatable bonds is 3. The molecule has 1 aromatic carbocycles. The van der Waals surface area contributed by atoms with Crippen molar-refractivity contribution in [2.75, 3.05) is 13.1 Å². The van der Waals surface area contributed by atoms with Gasteiger partial charge < -0.3 is 14.6 Å². The fourth-order valence-electron chi connectivity index (χ4n) is 3.40. The van der Waals surface area contributed by atoms with Crippen LogP contribution in [0.3, 0.4) is 0 Å². The maximum Gasteiger partial charge on any atom is 0.254 e. The summed E-state index contributed by atoms with van der Waals surface area (Å²) in [5.41, 5.74) is 0.854. The normalized spacial score (nSPS) is 15.4. The Morgan fingerprint density at radius 2 is 1.92 bits per heavy atom. The van der Waals surface area contributed by atoms with E-state index in [9.17, 15) is 19.1 Å². The Bertz CT molecular complexity index is 839. The average Bonchev–Trinajstić information content (AvgIpc) is 2.58. The zero-order valence-electron chi connectivity index (χ0n) is 14.1. The van der Waals surface area contributed by atoms with Gasteiger partial charge in [0.15, 0.2) is 0 Å². The van der Waals surface area contributed by atoms with Crippen molar-refractivity contribution in [1.29, 1.82) is 0 Å². The summed E-state index contributed by atoms with van der Waals surface area (Å²) in [5.74, 6) is -0.318. The van der Waals surface area contributed by atoms with Crippen LogP contribution < -0.4 is 5.56 Å². The lowest BCUT2D eigenvalue weighted by Crippen LogP contribution is -2.41. The monoisotopic (exact) mass is 344 g/mol. The van der Waals surface area contributed by atoms with Crippen LogP contribution in [-0.4, -0.2) is 33.6 Å². The molecule has 1 fully saturated rings. The Kier molecular flexibility index (Phi) is 4.88. The van der Waals surface area contributed by atoms with Crippen molar-refractivity contribution in [2.24, 2.45) is 0 Å². The molecular formula is C19H21FN2O3. The van der Waals surface area contributed by atoms with Gasteiger partial charge >= 0.3 is 0 Å². The third kappa shape index (κ3) is 3.73. The predicted octanol–water partition coefficient (Wildman–Crippen LogP) is 2.41. The third-order valence-corrected chi connectivity index (χ3v) is 4.81. The minimum absolute atomic E-state index is 0.0463. The zero-order chi connectivity index (χ0) is 18.0. The first-order valence-electron chi connectivity index (χ1n) is 8.38. The molecule has 3 rings (SSSR count). The summed E-state index contributed by atoms with van der Waals surface area (Å²) in [6.07, 6.45) is 1.41. The first kappa shape index (κ1) is 17.2. The number of hydrogen-bond donors (Lipinski definition) is 1. The zero-order valence-corrected chi connectivity index (χ0v) is 14.1. The molecule has 2 heterocycles.